The van der Waals surface area contributed by atoms with Gasteiger partial charge in [0.05, 0.1) is 12.6 Å². The lowest BCUT2D eigenvalue weighted by molar-refractivity contribution is 0.00990. The van der Waals surface area contributed by atoms with Crippen LogP contribution in [0.3, 0.4) is 0 Å². The zero-order valence-corrected chi connectivity index (χ0v) is 22.6. The number of nitrogens with one attached hydrogen (secondary N) is 1. The molecular weight excluding hydrogens is 531 g/mol. The van der Waals surface area contributed by atoms with Crippen LogP contribution in [0.25, 0.3) is 0 Å². The number of hydrogen-bond acceptors (Lipinski definition) is 4. The zero-order chi connectivity index (χ0) is 22.6. The molecule has 2 fully saturated rings. The van der Waals surface area contributed by atoms with Gasteiger partial charge < -0.3 is 24.6 Å². The van der Waals surface area contributed by atoms with Gasteiger partial charge in [0.25, 0.3) is 5.91 Å². The quantitative estimate of drug-likeness (QED) is 0.211. The number of ether oxygens (including phenoxy) is 2. The molecule has 0 aromatic heterocycles. The highest BCUT2D eigenvalue weighted by atomic mass is 127. The van der Waals surface area contributed by atoms with E-state index in [9.17, 15) is 4.79 Å². The van der Waals surface area contributed by atoms with E-state index in [1.807, 2.05) is 23.1 Å². The van der Waals surface area contributed by atoms with Gasteiger partial charge in [-0.1, -0.05) is 12.1 Å². The monoisotopic (exact) mass is 572 g/mol. The van der Waals surface area contributed by atoms with E-state index in [1.54, 1.807) is 7.11 Å². The Morgan fingerprint density at radius 2 is 1.85 bits per heavy atom. The number of rotatable bonds is 9. The molecule has 0 spiro atoms. The average molecular weight is 573 g/mol. The lowest BCUT2D eigenvalue weighted by Gasteiger charge is -2.34. The number of aliphatic imine (C=N–C) groups is 1. The molecule has 1 amide bonds. The summed E-state index contributed by atoms with van der Waals surface area (Å²) in [6, 6.07) is 7.96. The Morgan fingerprint density at radius 3 is 2.55 bits per heavy atom. The van der Waals surface area contributed by atoms with Crippen molar-refractivity contribution < 1.29 is 14.3 Å². The number of carbonyl (C=O) groups excluding carboxylic acids is 1. The third-order valence-electron chi connectivity index (χ3n) is 6.15. The van der Waals surface area contributed by atoms with Crippen molar-refractivity contribution in [3.05, 3.63) is 35.4 Å². The molecule has 33 heavy (non-hydrogen) atoms. The summed E-state index contributed by atoms with van der Waals surface area (Å²) in [5.74, 6) is 1.09. The second-order valence-corrected chi connectivity index (χ2v) is 8.63. The molecule has 1 aromatic rings. The Balaban J connectivity index is 0.00000385. The van der Waals surface area contributed by atoms with Crippen molar-refractivity contribution in [2.75, 3.05) is 53.0 Å². The molecule has 2 aliphatic heterocycles. The zero-order valence-electron chi connectivity index (χ0n) is 20.3. The molecule has 2 aliphatic rings. The highest BCUT2D eigenvalue weighted by Gasteiger charge is 2.22. The fourth-order valence-electron chi connectivity index (χ4n) is 4.36. The summed E-state index contributed by atoms with van der Waals surface area (Å²) in [6.07, 6.45) is 6.73. The Bertz CT molecular complexity index is 732. The smallest absolute Gasteiger partial charge is 0.253 e. The van der Waals surface area contributed by atoms with Crippen molar-refractivity contribution in [1.82, 2.24) is 15.1 Å². The van der Waals surface area contributed by atoms with Crippen LogP contribution in [0, 0.1) is 0 Å². The Morgan fingerprint density at radius 1 is 1.09 bits per heavy atom. The summed E-state index contributed by atoms with van der Waals surface area (Å²) in [4.78, 5) is 22.0. The van der Waals surface area contributed by atoms with Crippen LogP contribution in [0.2, 0.25) is 0 Å². The molecule has 0 atom stereocenters. The van der Waals surface area contributed by atoms with Crippen molar-refractivity contribution >= 4 is 35.8 Å². The third-order valence-corrected chi connectivity index (χ3v) is 6.15. The lowest BCUT2D eigenvalue weighted by Crippen LogP contribution is -2.47. The molecule has 2 heterocycles. The van der Waals surface area contributed by atoms with Gasteiger partial charge in [-0.3, -0.25) is 4.79 Å². The van der Waals surface area contributed by atoms with E-state index in [4.69, 9.17) is 14.5 Å². The standard InChI is InChI=1S/C25H40N4O3.HI/c1-3-26-25(29-15-11-23(12-16-29)32-18-8-17-31-2)27-20-21-9-7-10-22(19-21)24(30)28-13-5-4-6-14-28;/h7,9-10,19,23H,3-6,8,11-18,20H2,1-2H3,(H,26,27);1H. The maximum Gasteiger partial charge on any atom is 0.253 e. The molecule has 8 heteroatoms. The predicted molar refractivity (Wildman–Crippen MR) is 143 cm³/mol. The Kier molecular flexibility index (Phi) is 13.1. The van der Waals surface area contributed by atoms with Gasteiger partial charge in [0.1, 0.15) is 0 Å². The fraction of sp³-hybridized carbons (Fsp3) is 0.680. The molecule has 3 rings (SSSR count). The molecule has 0 aliphatic carbocycles. The summed E-state index contributed by atoms with van der Waals surface area (Å²) in [5, 5.41) is 3.43. The second kappa shape index (κ2) is 15.5. The minimum Gasteiger partial charge on any atom is -0.385 e. The van der Waals surface area contributed by atoms with Crippen LogP contribution >= 0.6 is 24.0 Å². The van der Waals surface area contributed by atoms with Gasteiger partial charge in [0.2, 0.25) is 0 Å². The van der Waals surface area contributed by atoms with Crippen molar-refractivity contribution in [3.8, 4) is 0 Å². The SMILES string of the molecule is CCNC(=NCc1cccc(C(=O)N2CCCCC2)c1)N1CCC(OCCCOC)CC1.I. The van der Waals surface area contributed by atoms with E-state index in [2.05, 4.69) is 23.2 Å². The molecule has 186 valence electrons. The van der Waals surface area contributed by atoms with E-state index < -0.39 is 0 Å². The summed E-state index contributed by atoms with van der Waals surface area (Å²) in [5.41, 5.74) is 1.84. The number of piperidine rings is 2. The van der Waals surface area contributed by atoms with Crippen LogP contribution in [0.4, 0.5) is 0 Å². The number of amides is 1. The van der Waals surface area contributed by atoms with Gasteiger partial charge in [-0.25, -0.2) is 4.99 Å². The molecule has 0 saturated carbocycles. The van der Waals surface area contributed by atoms with Gasteiger partial charge in [0.15, 0.2) is 5.96 Å². The van der Waals surface area contributed by atoms with Crippen LogP contribution in [-0.4, -0.2) is 80.8 Å². The van der Waals surface area contributed by atoms with Gasteiger partial charge in [-0.05, 0) is 63.1 Å². The van der Waals surface area contributed by atoms with Gasteiger partial charge in [-0.15, -0.1) is 24.0 Å². The number of methoxy groups -OCH3 is 1. The number of hydrogen-bond donors (Lipinski definition) is 1. The van der Waals surface area contributed by atoms with Crippen molar-refractivity contribution in [3.63, 3.8) is 0 Å². The number of benzene rings is 1. The number of halogens is 1. The topological polar surface area (TPSA) is 66.4 Å². The summed E-state index contributed by atoms with van der Waals surface area (Å²) >= 11 is 0. The van der Waals surface area contributed by atoms with Crippen LogP contribution in [0.5, 0.6) is 0 Å². The first-order chi connectivity index (χ1) is 15.7. The summed E-state index contributed by atoms with van der Waals surface area (Å²) in [7, 11) is 1.73. The van der Waals surface area contributed by atoms with E-state index >= 15 is 0 Å². The van der Waals surface area contributed by atoms with E-state index in [0.717, 1.165) is 95.1 Å². The molecule has 7 nitrogen and oxygen atoms in total. The van der Waals surface area contributed by atoms with Crippen LogP contribution in [-0.2, 0) is 16.0 Å². The van der Waals surface area contributed by atoms with Gasteiger partial charge in [0, 0.05) is 58.6 Å². The average Bonchev–Trinajstić information content (AvgIpc) is 2.85. The number of nitrogens with zero attached hydrogens (tertiary/aromatic N) is 3. The van der Waals surface area contributed by atoms with Crippen molar-refractivity contribution in [2.45, 2.75) is 58.1 Å². The van der Waals surface area contributed by atoms with Crippen LogP contribution in [0.1, 0.15) is 61.4 Å². The number of likely N-dealkylation sites (tertiary alicyclic amines) is 2. The Hall–Kier alpha value is -1.39. The van der Waals surface area contributed by atoms with Gasteiger partial charge >= 0.3 is 0 Å². The predicted octanol–water partition coefficient (Wildman–Crippen LogP) is 3.91. The van der Waals surface area contributed by atoms with Crippen LogP contribution in [0.15, 0.2) is 29.3 Å². The summed E-state index contributed by atoms with van der Waals surface area (Å²) in [6.45, 7) is 8.63. The molecule has 2 saturated heterocycles. The van der Waals surface area contributed by atoms with Crippen LogP contribution < -0.4 is 5.32 Å². The maximum atomic E-state index is 12.8. The Labute approximate surface area is 216 Å². The maximum absolute atomic E-state index is 12.8. The molecule has 1 aromatic carbocycles. The molecule has 0 unspecified atom stereocenters. The van der Waals surface area contributed by atoms with E-state index in [0.29, 0.717) is 12.6 Å². The highest BCUT2D eigenvalue weighted by molar-refractivity contribution is 14.0. The number of carbonyl (C=O) groups is 1. The molecular formula is C25H41IN4O3. The first-order valence-corrected chi connectivity index (χ1v) is 12.2. The van der Waals surface area contributed by atoms with E-state index in [1.165, 1.54) is 6.42 Å². The molecule has 0 radical (unpaired) electrons. The largest absolute Gasteiger partial charge is 0.385 e. The second-order valence-electron chi connectivity index (χ2n) is 8.63. The molecule has 0 bridgehead atoms. The van der Waals surface area contributed by atoms with E-state index in [-0.39, 0.29) is 29.9 Å². The first kappa shape index (κ1) is 27.9. The lowest BCUT2D eigenvalue weighted by atomic mass is 10.1. The fourth-order valence-corrected chi connectivity index (χ4v) is 4.36. The number of guanidine groups is 1. The van der Waals surface area contributed by atoms with Gasteiger partial charge in [-0.2, -0.15) is 0 Å². The third kappa shape index (κ3) is 9.05. The minimum atomic E-state index is 0. The first-order valence-electron chi connectivity index (χ1n) is 12.2. The van der Waals surface area contributed by atoms with Crippen molar-refractivity contribution in [2.24, 2.45) is 4.99 Å². The molecule has 1 N–H and O–H groups in total. The highest BCUT2D eigenvalue weighted by Crippen LogP contribution is 2.16. The van der Waals surface area contributed by atoms with Crippen molar-refractivity contribution in [1.29, 1.82) is 0 Å². The minimum absolute atomic E-state index is 0. The normalized spacial score (nSPS) is 17.6. The summed E-state index contributed by atoms with van der Waals surface area (Å²) < 4.78 is 11.1.